The van der Waals surface area contributed by atoms with Crippen molar-refractivity contribution in [3.63, 3.8) is 0 Å². The highest BCUT2D eigenvalue weighted by atomic mass is 35.5. The van der Waals surface area contributed by atoms with E-state index in [0.29, 0.717) is 24.1 Å². The van der Waals surface area contributed by atoms with Gasteiger partial charge < -0.3 is 13.7 Å². The van der Waals surface area contributed by atoms with Crippen molar-refractivity contribution in [2.24, 2.45) is 0 Å². The monoisotopic (exact) mass is 289 g/mol. The standard InChI is InChI=1S/C14H12ClN3O2/c15-13-7-16-8-14(17-13)18(9-11-3-1-5-19-11)10-12-4-2-6-20-12/h1-8H,9-10H2. The molecule has 0 fully saturated rings. The fourth-order valence-corrected chi connectivity index (χ4v) is 2.03. The maximum absolute atomic E-state index is 5.91. The van der Waals surface area contributed by atoms with Crippen molar-refractivity contribution in [2.45, 2.75) is 13.1 Å². The van der Waals surface area contributed by atoms with Crippen LogP contribution < -0.4 is 4.90 Å². The van der Waals surface area contributed by atoms with Crippen molar-refractivity contribution in [2.75, 3.05) is 4.90 Å². The predicted octanol–water partition coefficient (Wildman–Crippen LogP) is 3.52. The van der Waals surface area contributed by atoms with E-state index in [9.17, 15) is 0 Å². The third kappa shape index (κ3) is 3.00. The van der Waals surface area contributed by atoms with Crippen LogP contribution >= 0.6 is 11.6 Å². The first kappa shape index (κ1) is 12.7. The molecule has 102 valence electrons. The van der Waals surface area contributed by atoms with E-state index in [2.05, 4.69) is 9.97 Å². The second kappa shape index (κ2) is 5.79. The lowest BCUT2D eigenvalue weighted by molar-refractivity contribution is 0.475. The predicted molar refractivity (Wildman–Crippen MR) is 74.3 cm³/mol. The fourth-order valence-electron chi connectivity index (χ4n) is 1.88. The zero-order valence-electron chi connectivity index (χ0n) is 10.6. The molecular weight excluding hydrogens is 278 g/mol. The molecule has 0 unspecified atom stereocenters. The zero-order chi connectivity index (χ0) is 13.8. The van der Waals surface area contributed by atoms with Gasteiger partial charge in [-0.2, -0.15) is 0 Å². The topological polar surface area (TPSA) is 55.3 Å². The van der Waals surface area contributed by atoms with E-state index in [4.69, 9.17) is 20.4 Å². The molecule has 20 heavy (non-hydrogen) atoms. The van der Waals surface area contributed by atoms with E-state index >= 15 is 0 Å². The minimum absolute atomic E-state index is 0.353. The van der Waals surface area contributed by atoms with Gasteiger partial charge in [0.15, 0.2) is 0 Å². The average molecular weight is 290 g/mol. The van der Waals surface area contributed by atoms with E-state index in [-0.39, 0.29) is 0 Å². The number of nitrogens with zero attached hydrogens (tertiary/aromatic N) is 3. The van der Waals surface area contributed by atoms with Gasteiger partial charge in [0.05, 0.1) is 38.0 Å². The van der Waals surface area contributed by atoms with Crippen molar-refractivity contribution < 1.29 is 8.83 Å². The fraction of sp³-hybridized carbons (Fsp3) is 0.143. The summed E-state index contributed by atoms with van der Waals surface area (Å²) >= 11 is 5.91. The van der Waals surface area contributed by atoms with Crippen LogP contribution in [0.3, 0.4) is 0 Å². The lowest BCUT2D eigenvalue weighted by Crippen LogP contribution is -2.22. The summed E-state index contributed by atoms with van der Waals surface area (Å²) in [7, 11) is 0. The molecule has 5 nitrogen and oxygen atoms in total. The van der Waals surface area contributed by atoms with Gasteiger partial charge >= 0.3 is 0 Å². The normalized spacial score (nSPS) is 10.7. The Labute approximate surface area is 120 Å². The lowest BCUT2D eigenvalue weighted by Gasteiger charge is -2.21. The minimum atomic E-state index is 0.353. The largest absolute Gasteiger partial charge is 0.467 e. The van der Waals surface area contributed by atoms with E-state index in [1.807, 2.05) is 29.2 Å². The first-order valence-corrected chi connectivity index (χ1v) is 6.46. The van der Waals surface area contributed by atoms with Gasteiger partial charge in [-0.05, 0) is 24.3 Å². The number of rotatable bonds is 5. The van der Waals surface area contributed by atoms with E-state index in [1.54, 1.807) is 18.7 Å². The molecule has 0 spiro atoms. The van der Waals surface area contributed by atoms with Gasteiger partial charge in [-0.15, -0.1) is 0 Å². The van der Waals surface area contributed by atoms with Gasteiger partial charge in [0.1, 0.15) is 22.5 Å². The molecule has 0 aliphatic rings. The Morgan fingerprint density at radius 2 is 1.65 bits per heavy atom. The molecule has 6 heteroatoms. The molecule has 3 aromatic rings. The van der Waals surface area contributed by atoms with Crippen LogP contribution in [0.1, 0.15) is 11.5 Å². The minimum Gasteiger partial charge on any atom is -0.467 e. The molecule has 0 radical (unpaired) electrons. The number of furan rings is 2. The molecule has 0 saturated carbocycles. The summed E-state index contributed by atoms with van der Waals surface area (Å²) in [4.78, 5) is 10.3. The Hall–Kier alpha value is -2.27. The van der Waals surface area contributed by atoms with E-state index in [0.717, 1.165) is 11.5 Å². The highest BCUT2D eigenvalue weighted by molar-refractivity contribution is 6.29. The van der Waals surface area contributed by atoms with Crippen molar-refractivity contribution in [1.82, 2.24) is 9.97 Å². The highest BCUT2D eigenvalue weighted by Gasteiger charge is 2.13. The van der Waals surface area contributed by atoms with Crippen LogP contribution in [0, 0.1) is 0 Å². The second-order valence-corrected chi connectivity index (χ2v) is 4.60. The molecular formula is C14H12ClN3O2. The molecule has 0 aliphatic carbocycles. The Balaban J connectivity index is 1.86. The Bertz CT molecular complexity index is 617. The van der Waals surface area contributed by atoms with Gasteiger partial charge in [-0.25, -0.2) is 4.98 Å². The summed E-state index contributed by atoms with van der Waals surface area (Å²) in [5, 5.41) is 0.353. The Morgan fingerprint density at radius 3 is 2.15 bits per heavy atom. The van der Waals surface area contributed by atoms with E-state index < -0.39 is 0 Å². The van der Waals surface area contributed by atoms with Gasteiger partial charge in [0, 0.05) is 0 Å². The summed E-state index contributed by atoms with van der Waals surface area (Å²) in [6.07, 6.45) is 6.45. The summed E-state index contributed by atoms with van der Waals surface area (Å²) in [6, 6.07) is 7.52. The summed E-state index contributed by atoms with van der Waals surface area (Å²) in [5.41, 5.74) is 0. The number of halogens is 1. The van der Waals surface area contributed by atoms with Crippen molar-refractivity contribution in [1.29, 1.82) is 0 Å². The van der Waals surface area contributed by atoms with Gasteiger partial charge in [0.2, 0.25) is 0 Å². The lowest BCUT2D eigenvalue weighted by atomic mass is 10.3. The van der Waals surface area contributed by atoms with Gasteiger partial charge in [-0.1, -0.05) is 11.6 Å². The smallest absolute Gasteiger partial charge is 0.149 e. The molecule has 0 aliphatic heterocycles. The van der Waals surface area contributed by atoms with Crippen LogP contribution in [-0.4, -0.2) is 9.97 Å². The van der Waals surface area contributed by atoms with Gasteiger partial charge in [0.25, 0.3) is 0 Å². The molecule has 0 aromatic carbocycles. The van der Waals surface area contributed by atoms with Crippen LogP contribution in [0.25, 0.3) is 0 Å². The number of anilines is 1. The summed E-state index contributed by atoms with van der Waals surface area (Å²) in [6.45, 7) is 1.12. The number of hydrogen-bond donors (Lipinski definition) is 0. The van der Waals surface area contributed by atoms with Gasteiger partial charge in [-0.3, -0.25) is 4.98 Å². The van der Waals surface area contributed by atoms with Crippen LogP contribution in [0.5, 0.6) is 0 Å². The SMILES string of the molecule is Clc1cncc(N(Cc2ccco2)Cc2ccco2)n1. The highest BCUT2D eigenvalue weighted by Crippen LogP contribution is 2.19. The quantitative estimate of drug-likeness (QED) is 0.719. The maximum Gasteiger partial charge on any atom is 0.149 e. The van der Waals surface area contributed by atoms with Crippen molar-refractivity contribution in [3.8, 4) is 0 Å². The summed E-state index contributed by atoms with van der Waals surface area (Å²) in [5.74, 6) is 2.34. The molecule has 3 heterocycles. The molecule has 3 aromatic heterocycles. The molecule has 0 atom stereocenters. The Morgan fingerprint density at radius 1 is 1.00 bits per heavy atom. The van der Waals surface area contributed by atoms with Crippen LogP contribution in [-0.2, 0) is 13.1 Å². The van der Waals surface area contributed by atoms with Crippen LogP contribution in [0.4, 0.5) is 5.82 Å². The third-order valence-corrected chi connectivity index (χ3v) is 2.95. The Kier molecular flexibility index (Phi) is 3.69. The zero-order valence-corrected chi connectivity index (χ0v) is 11.3. The third-order valence-electron chi connectivity index (χ3n) is 2.77. The van der Waals surface area contributed by atoms with Crippen molar-refractivity contribution >= 4 is 17.4 Å². The van der Waals surface area contributed by atoms with Crippen LogP contribution in [0.15, 0.2) is 58.0 Å². The number of hydrogen-bond acceptors (Lipinski definition) is 5. The van der Waals surface area contributed by atoms with Crippen LogP contribution in [0.2, 0.25) is 5.15 Å². The molecule has 0 amide bonds. The molecule has 0 saturated heterocycles. The molecule has 0 bridgehead atoms. The average Bonchev–Trinajstić information content (AvgIpc) is 3.11. The van der Waals surface area contributed by atoms with E-state index in [1.165, 1.54) is 6.20 Å². The molecule has 3 rings (SSSR count). The second-order valence-electron chi connectivity index (χ2n) is 4.21. The summed E-state index contributed by atoms with van der Waals surface area (Å²) < 4.78 is 10.8. The maximum atomic E-state index is 5.91. The van der Waals surface area contributed by atoms with Crippen molar-refractivity contribution in [3.05, 3.63) is 65.9 Å². The molecule has 0 N–H and O–H groups in total. The number of aromatic nitrogens is 2. The first-order chi connectivity index (χ1) is 9.81. The first-order valence-electron chi connectivity index (χ1n) is 6.08.